The van der Waals surface area contributed by atoms with E-state index in [-0.39, 0.29) is 11.9 Å². The number of furan rings is 1. The third-order valence-electron chi connectivity index (χ3n) is 6.67. The molecule has 1 aliphatic heterocycles. The number of benzene rings is 2. The molecule has 2 aromatic carbocycles. The van der Waals surface area contributed by atoms with Crippen molar-refractivity contribution in [3.8, 4) is 22.6 Å². The van der Waals surface area contributed by atoms with Crippen molar-refractivity contribution in [2.45, 2.75) is 19.9 Å². The monoisotopic (exact) mass is 444 g/mol. The van der Waals surface area contributed by atoms with Gasteiger partial charge in [0.1, 0.15) is 11.5 Å². The second-order valence-corrected chi connectivity index (χ2v) is 8.63. The predicted octanol–water partition coefficient (Wildman–Crippen LogP) is 5.51. The summed E-state index contributed by atoms with van der Waals surface area (Å²) in [5, 5.41) is 7.55. The number of hydrogen-bond acceptors (Lipinski definition) is 4. The van der Waals surface area contributed by atoms with Crippen LogP contribution in [0.2, 0.25) is 0 Å². The summed E-state index contributed by atoms with van der Waals surface area (Å²) in [6.07, 6.45) is 3.62. The van der Waals surface area contributed by atoms with E-state index in [2.05, 4.69) is 52.0 Å². The van der Waals surface area contributed by atoms with Gasteiger partial charge in [0.05, 0.1) is 18.5 Å². The van der Waals surface area contributed by atoms with Gasteiger partial charge in [0.25, 0.3) is 0 Å². The average molecular weight is 445 g/mol. The number of aromatic amines is 1. The van der Waals surface area contributed by atoms with Crippen LogP contribution in [0, 0.1) is 12.7 Å². The summed E-state index contributed by atoms with van der Waals surface area (Å²) in [6.45, 7) is 9.49. The summed E-state index contributed by atoms with van der Waals surface area (Å²) in [7, 11) is 0. The van der Waals surface area contributed by atoms with Crippen molar-refractivity contribution in [1.82, 2.24) is 20.0 Å². The third-order valence-corrected chi connectivity index (χ3v) is 6.67. The summed E-state index contributed by atoms with van der Waals surface area (Å²) in [5.74, 6) is 0.573. The standard InChI is InChI=1S/C27H29FN4O/c1-3-31-12-14-32(15-13-31)27(24-18-29-30-26(24)25-5-4-16-33-25)21-8-11-23(19(2)17-21)20-6-9-22(28)10-7-20/h4-11,16-18,27H,3,12-15H2,1-2H3,(H,29,30). The molecule has 4 aromatic rings. The maximum absolute atomic E-state index is 13.4. The van der Waals surface area contributed by atoms with Crippen molar-refractivity contribution in [2.75, 3.05) is 32.7 Å². The fourth-order valence-corrected chi connectivity index (χ4v) is 4.86. The number of halogens is 1. The number of piperazine rings is 1. The molecule has 0 saturated carbocycles. The minimum atomic E-state index is -0.218. The Morgan fingerprint density at radius 3 is 2.52 bits per heavy atom. The second-order valence-electron chi connectivity index (χ2n) is 8.63. The molecule has 170 valence electrons. The Hall–Kier alpha value is -3.22. The third kappa shape index (κ3) is 4.36. The van der Waals surface area contributed by atoms with E-state index < -0.39 is 0 Å². The molecule has 0 aliphatic carbocycles. The molecule has 1 fully saturated rings. The summed E-state index contributed by atoms with van der Waals surface area (Å²) in [6, 6.07) is 17.2. The Morgan fingerprint density at radius 2 is 1.85 bits per heavy atom. The lowest BCUT2D eigenvalue weighted by Crippen LogP contribution is -2.47. The molecule has 0 bridgehead atoms. The van der Waals surface area contributed by atoms with Gasteiger partial charge in [-0.15, -0.1) is 0 Å². The highest BCUT2D eigenvalue weighted by Crippen LogP contribution is 2.37. The van der Waals surface area contributed by atoms with E-state index in [0.717, 1.165) is 60.9 Å². The van der Waals surface area contributed by atoms with Crippen LogP contribution in [0.1, 0.15) is 29.7 Å². The molecular weight excluding hydrogens is 415 g/mol. The highest BCUT2D eigenvalue weighted by Gasteiger charge is 2.30. The lowest BCUT2D eigenvalue weighted by Gasteiger charge is -2.39. The van der Waals surface area contributed by atoms with Crippen LogP contribution in [0.3, 0.4) is 0 Å². The molecule has 5 rings (SSSR count). The largest absolute Gasteiger partial charge is 0.463 e. The first kappa shape index (κ1) is 21.6. The lowest BCUT2D eigenvalue weighted by atomic mass is 9.91. The summed E-state index contributed by atoms with van der Waals surface area (Å²) in [5.41, 5.74) is 6.56. The zero-order valence-corrected chi connectivity index (χ0v) is 19.1. The average Bonchev–Trinajstić information content (AvgIpc) is 3.53. The van der Waals surface area contributed by atoms with E-state index in [1.54, 1.807) is 6.26 Å². The van der Waals surface area contributed by atoms with Gasteiger partial charge >= 0.3 is 0 Å². The molecule has 1 N–H and O–H groups in total. The number of likely N-dealkylation sites (N-methyl/N-ethyl adjacent to an activating group) is 1. The van der Waals surface area contributed by atoms with Gasteiger partial charge in [-0.3, -0.25) is 10.00 Å². The number of H-pyrrole nitrogens is 1. The summed E-state index contributed by atoms with van der Waals surface area (Å²) in [4.78, 5) is 5.02. The predicted molar refractivity (Wildman–Crippen MR) is 128 cm³/mol. The Kier molecular flexibility index (Phi) is 6.11. The number of nitrogens with zero attached hydrogens (tertiary/aromatic N) is 3. The molecule has 6 heteroatoms. The zero-order valence-electron chi connectivity index (χ0n) is 19.1. The minimum absolute atomic E-state index is 0.0591. The molecule has 1 saturated heterocycles. The van der Waals surface area contributed by atoms with Crippen molar-refractivity contribution < 1.29 is 8.81 Å². The van der Waals surface area contributed by atoms with Crippen molar-refractivity contribution in [3.05, 3.63) is 89.6 Å². The van der Waals surface area contributed by atoms with E-state index in [1.165, 1.54) is 23.3 Å². The second kappa shape index (κ2) is 9.33. The van der Waals surface area contributed by atoms with E-state index in [4.69, 9.17) is 4.42 Å². The summed E-state index contributed by atoms with van der Waals surface area (Å²) >= 11 is 0. The van der Waals surface area contributed by atoms with Crippen molar-refractivity contribution >= 4 is 0 Å². The number of aryl methyl sites for hydroxylation is 1. The van der Waals surface area contributed by atoms with Gasteiger partial charge in [-0.1, -0.05) is 37.3 Å². The van der Waals surface area contributed by atoms with Gasteiger partial charge in [0, 0.05) is 31.7 Å². The number of hydrogen-bond donors (Lipinski definition) is 1. The van der Waals surface area contributed by atoms with Crippen LogP contribution in [-0.2, 0) is 0 Å². The summed E-state index contributed by atoms with van der Waals surface area (Å²) < 4.78 is 19.1. The van der Waals surface area contributed by atoms with Gasteiger partial charge in [0.15, 0.2) is 5.76 Å². The molecule has 3 heterocycles. The van der Waals surface area contributed by atoms with E-state index in [9.17, 15) is 4.39 Å². The Bertz CT molecular complexity index is 1190. The molecule has 5 nitrogen and oxygen atoms in total. The van der Waals surface area contributed by atoms with Gasteiger partial charge in [-0.25, -0.2) is 4.39 Å². The molecule has 2 aromatic heterocycles. The maximum atomic E-state index is 13.4. The zero-order chi connectivity index (χ0) is 22.8. The van der Waals surface area contributed by atoms with Crippen LogP contribution in [0.5, 0.6) is 0 Å². The number of aromatic nitrogens is 2. The first-order valence-electron chi connectivity index (χ1n) is 11.5. The van der Waals surface area contributed by atoms with Gasteiger partial charge in [-0.2, -0.15) is 5.10 Å². The van der Waals surface area contributed by atoms with Crippen LogP contribution in [0.15, 0.2) is 71.5 Å². The van der Waals surface area contributed by atoms with Crippen LogP contribution in [0.4, 0.5) is 4.39 Å². The van der Waals surface area contributed by atoms with Crippen molar-refractivity contribution in [1.29, 1.82) is 0 Å². The van der Waals surface area contributed by atoms with Gasteiger partial charge < -0.3 is 9.32 Å². The molecule has 0 spiro atoms. The van der Waals surface area contributed by atoms with Crippen LogP contribution in [0.25, 0.3) is 22.6 Å². The first-order valence-corrected chi connectivity index (χ1v) is 11.5. The Balaban J connectivity index is 1.55. The molecule has 0 radical (unpaired) electrons. The van der Waals surface area contributed by atoms with Crippen molar-refractivity contribution in [2.24, 2.45) is 0 Å². The van der Waals surface area contributed by atoms with E-state index >= 15 is 0 Å². The maximum Gasteiger partial charge on any atom is 0.151 e. The van der Waals surface area contributed by atoms with Gasteiger partial charge in [0.2, 0.25) is 0 Å². The minimum Gasteiger partial charge on any atom is -0.463 e. The van der Waals surface area contributed by atoms with E-state index in [1.807, 2.05) is 30.5 Å². The van der Waals surface area contributed by atoms with Gasteiger partial charge in [-0.05, 0) is 60.0 Å². The Morgan fingerprint density at radius 1 is 1.06 bits per heavy atom. The van der Waals surface area contributed by atoms with Crippen molar-refractivity contribution in [3.63, 3.8) is 0 Å². The first-order chi connectivity index (χ1) is 16.1. The quantitative estimate of drug-likeness (QED) is 0.426. The normalized spacial score (nSPS) is 16.2. The SMILES string of the molecule is CCN1CCN(C(c2ccc(-c3ccc(F)cc3)c(C)c2)c2cn[nH]c2-c2ccco2)CC1. The fraction of sp³-hybridized carbons (Fsp3) is 0.296. The van der Waals surface area contributed by atoms with Crippen LogP contribution >= 0.6 is 0 Å². The molecule has 1 unspecified atom stereocenters. The number of nitrogens with one attached hydrogen (secondary N) is 1. The molecule has 33 heavy (non-hydrogen) atoms. The molecule has 1 aliphatic rings. The van der Waals surface area contributed by atoms with Crippen LogP contribution < -0.4 is 0 Å². The fourth-order valence-electron chi connectivity index (χ4n) is 4.86. The molecular formula is C27H29FN4O. The molecule has 0 amide bonds. The number of rotatable bonds is 6. The highest BCUT2D eigenvalue weighted by molar-refractivity contribution is 5.68. The lowest BCUT2D eigenvalue weighted by molar-refractivity contribution is 0.113. The van der Waals surface area contributed by atoms with E-state index in [0.29, 0.717) is 0 Å². The Labute approximate surface area is 193 Å². The topological polar surface area (TPSA) is 48.3 Å². The highest BCUT2D eigenvalue weighted by atomic mass is 19.1. The van der Waals surface area contributed by atoms with Crippen LogP contribution in [-0.4, -0.2) is 52.7 Å². The molecule has 1 atom stereocenters. The smallest absolute Gasteiger partial charge is 0.151 e.